The van der Waals surface area contributed by atoms with E-state index in [1.807, 2.05) is 12.3 Å². The van der Waals surface area contributed by atoms with E-state index in [4.69, 9.17) is 0 Å². The van der Waals surface area contributed by atoms with Crippen LogP contribution in [0.25, 0.3) is 5.57 Å². The monoisotopic (exact) mass is 393 g/mol. The van der Waals surface area contributed by atoms with Gasteiger partial charge < -0.3 is 0 Å². The number of halogens is 1. The van der Waals surface area contributed by atoms with E-state index in [0.29, 0.717) is 35.9 Å². The van der Waals surface area contributed by atoms with E-state index in [9.17, 15) is 9.18 Å². The Morgan fingerprint density at radius 1 is 1.17 bits per heavy atom. The molecule has 1 aromatic rings. The Kier molecular flexibility index (Phi) is 4.38. The molecule has 1 aromatic heterocycles. The molecule has 1 heterocycles. The van der Waals surface area contributed by atoms with E-state index in [-0.39, 0.29) is 16.6 Å². The Bertz CT molecular complexity index is 917. The van der Waals surface area contributed by atoms with Gasteiger partial charge in [-0.3, -0.25) is 9.78 Å². The zero-order chi connectivity index (χ0) is 20.4. The summed E-state index contributed by atoms with van der Waals surface area (Å²) in [6.45, 7) is 7.15. The zero-order valence-electron chi connectivity index (χ0n) is 17.9. The maximum atomic E-state index is 13.9. The van der Waals surface area contributed by atoms with E-state index < -0.39 is 0 Å². The SMILES string of the molecule is CCC1CC2C3CC=C(c4cncc(F)c4)C3(C)CCC2C2(C)CCC(=O)C=C12. The van der Waals surface area contributed by atoms with Crippen molar-refractivity contribution < 1.29 is 9.18 Å². The van der Waals surface area contributed by atoms with Crippen molar-refractivity contribution in [2.24, 2.45) is 34.5 Å². The molecule has 6 atom stereocenters. The van der Waals surface area contributed by atoms with Gasteiger partial charge in [-0.05, 0) is 96.3 Å². The molecule has 154 valence electrons. The van der Waals surface area contributed by atoms with Crippen molar-refractivity contribution in [3.63, 3.8) is 0 Å². The minimum atomic E-state index is -0.248. The minimum Gasteiger partial charge on any atom is -0.295 e. The van der Waals surface area contributed by atoms with Crippen LogP contribution in [0.1, 0.15) is 71.3 Å². The fraction of sp³-hybridized carbons (Fsp3) is 0.615. The van der Waals surface area contributed by atoms with Crippen LogP contribution >= 0.6 is 0 Å². The third-order valence-corrected chi connectivity index (χ3v) is 9.21. The van der Waals surface area contributed by atoms with Gasteiger partial charge in [0.2, 0.25) is 0 Å². The predicted octanol–water partition coefficient (Wildman–Crippen LogP) is 6.38. The number of fused-ring (bicyclic) bond motifs is 5. The van der Waals surface area contributed by atoms with Crippen LogP contribution in [0, 0.1) is 40.3 Å². The lowest BCUT2D eigenvalue weighted by Gasteiger charge is -2.59. The van der Waals surface area contributed by atoms with Crippen LogP contribution in [0.3, 0.4) is 0 Å². The molecule has 6 unspecified atom stereocenters. The molecular formula is C26H32FNO. The summed E-state index contributed by atoms with van der Waals surface area (Å²) >= 11 is 0. The Morgan fingerprint density at radius 2 is 2.00 bits per heavy atom. The second kappa shape index (κ2) is 6.62. The van der Waals surface area contributed by atoms with E-state index in [1.165, 1.54) is 30.2 Å². The first kappa shape index (κ1) is 19.2. The van der Waals surface area contributed by atoms with Gasteiger partial charge >= 0.3 is 0 Å². The summed E-state index contributed by atoms with van der Waals surface area (Å²) in [6.07, 6.45) is 15.0. The van der Waals surface area contributed by atoms with Crippen molar-refractivity contribution in [1.82, 2.24) is 4.98 Å². The quantitative estimate of drug-likeness (QED) is 0.583. The molecule has 0 aromatic carbocycles. The standard InChI is InChI=1S/C26H32FNO/c1-4-16-12-20-22-6-5-21(17-11-18(27)15-28-14-17)25(22,2)10-8-23(20)26(3)9-7-19(29)13-24(16)26/h5,11,13-16,20,22-23H,4,6-10,12H2,1-3H3. The highest BCUT2D eigenvalue weighted by Gasteiger charge is 2.58. The average Bonchev–Trinajstić information content (AvgIpc) is 3.05. The van der Waals surface area contributed by atoms with Gasteiger partial charge in [0.25, 0.3) is 0 Å². The number of aromatic nitrogens is 1. The molecule has 0 N–H and O–H groups in total. The van der Waals surface area contributed by atoms with Gasteiger partial charge in [0.05, 0.1) is 6.20 Å². The second-order valence-corrected chi connectivity index (χ2v) is 10.4. The molecule has 2 nitrogen and oxygen atoms in total. The number of nitrogens with zero attached hydrogens (tertiary/aromatic N) is 1. The van der Waals surface area contributed by atoms with E-state index >= 15 is 0 Å². The summed E-state index contributed by atoms with van der Waals surface area (Å²) in [5.41, 5.74) is 4.03. The van der Waals surface area contributed by atoms with Crippen LogP contribution in [0.2, 0.25) is 0 Å². The number of allylic oxidation sites excluding steroid dienone is 4. The summed E-state index contributed by atoms with van der Waals surface area (Å²) in [6, 6.07) is 1.66. The molecule has 2 saturated carbocycles. The Morgan fingerprint density at radius 3 is 2.76 bits per heavy atom. The maximum Gasteiger partial charge on any atom is 0.155 e. The molecule has 0 bridgehead atoms. The molecule has 3 heteroatoms. The summed E-state index contributed by atoms with van der Waals surface area (Å²) in [7, 11) is 0. The van der Waals surface area contributed by atoms with Crippen molar-refractivity contribution in [3.05, 3.63) is 47.6 Å². The lowest BCUT2D eigenvalue weighted by atomic mass is 9.45. The Balaban J connectivity index is 1.51. The van der Waals surface area contributed by atoms with Gasteiger partial charge in [0.15, 0.2) is 5.78 Å². The van der Waals surface area contributed by atoms with Crippen LogP contribution in [0.4, 0.5) is 4.39 Å². The van der Waals surface area contributed by atoms with Crippen molar-refractivity contribution in [1.29, 1.82) is 0 Å². The molecular weight excluding hydrogens is 361 g/mol. The molecule has 5 rings (SSSR count). The van der Waals surface area contributed by atoms with Crippen LogP contribution in [0.5, 0.6) is 0 Å². The lowest BCUT2D eigenvalue weighted by Crippen LogP contribution is -2.52. The van der Waals surface area contributed by atoms with Gasteiger partial charge in [0.1, 0.15) is 5.82 Å². The van der Waals surface area contributed by atoms with Crippen molar-refractivity contribution in [2.45, 2.75) is 65.7 Å². The fourth-order valence-corrected chi connectivity index (χ4v) is 7.74. The van der Waals surface area contributed by atoms with E-state index in [1.54, 1.807) is 6.07 Å². The highest BCUT2D eigenvalue weighted by Crippen LogP contribution is 2.67. The number of hydrogen-bond acceptors (Lipinski definition) is 2. The molecule has 0 aliphatic heterocycles. The minimum absolute atomic E-state index is 0.108. The van der Waals surface area contributed by atoms with Gasteiger partial charge in [-0.2, -0.15) is 0 Å². The number of pyridine rings is 1. The molecule has 0 spiro atoms. The van der Waals surface area contributed by atoms with Gasteiger partial charge in [-0.1, -0.05) is 32.4 Å². The van der Waals surface area contributed by atoms with Gasteiger partial charge in [-0.15, -0.1) is 0 Å². The first-order valence-electron chi connectivity index (χ1n) is 11.4. The van der Waals surface area contributed by atoms with Gasteiger partial charge in [-0.25, -0.2) is 4.39 Å². The topological polar surface area (TPSA) is 30.0 Å². The third kappa shape index (κ3) is 2.72. The summed E-state index contributed by atoms with van der Waals surface area (Å²) in [5.74, 6) is 2.59. The molecule has 4 aliphatic carbocycles. The number of rotatable bonds is 2. The number of carbonyl (C=O) groups excluding carboxylic acids is 1. The predicted molar refractivity (Wildman–Crippen MR) is 113 cm³/mol. The van der Waals surface area contributed by atoms with Gasteiger partial charge in [0, 0.05) is 12.6 Å². The normalized spacial score (nSPS) is 41.2. The lowest BCUT2D eigenvalue weighted by molar-refractivity contribution is -0.117. The largest absolute Gasteiger partial charge is 0.295 e. The zero-order valence-corrected chi connectivity index (χ0v) is 17.9. The molecule has 0 saturated heterocycles. The third-order valence-electron chi connectivity index (χ3n) is 9.21. The van der Waals surface area contributed by atoms with Crippen molar-refractivity contribution in [3.8, 4) is 0 Å². The molecule has 0 radical (unpaired) electrons. The molecule has 0 amide bonds. The second-order valence-electron chi connectivity index (χ2n) is 10.4. The average molecular weight is 394 g/mol. The number of carbonyl (C=O) groups is 1. The molecule has 29 heavy (non-hydrogen) atoms. The smallest absolute Gasteiger partial charge is 0.155 e. The highest BCUT2D eigenvalue weighted by molar-refractivity contribution is 5.91. The van der Waals surface area contributed by atoms with Crippen LogP contribution in [-0.2, 0) is 4.79 Å². The number of hydrogen-bond donors (Lipinski definition) is 0. The summed E-state index contributed by atoms with van der Waals surface area (Å²) in [4.78, 5) is 16.3. The Labute approximate surface area is 173 Å². The van der Waals surface area contributed by atoms with Crippen LogP contribution < -0.4 is 0 Å². The maximum absolute atomic E-state index is 13.9. The van der Waals surface area contributed by atoms with E-state index in [0.717, 1.165) is 31.2 Å². The van der Waals surface area contributed by atoms with Crippen LogP contribution in [0.15, 0.2) is 36.2 Å². The molecule has 4 aliphatic rings. The van der Waals surface area contributed by atoms with Crippen LogP contribution in [-0.4, -0.2) is 10.8 Å². The number of ketones is 1. The first-order chi connectivity index (χ1) is 13.9. The highest BCUT2D eigenvalue weighted by atomic mass is 19.1. The fourth-order valence-electron chi connectivity index (χ4n) is 7.74. The Hall–Kier alpha value is -1.77. The molecule has 2 fully saturated rings. The van der Waals surface area contributed by atoms with Crippen molar-refractivity contribution in [2.75, 3.05) is 0 Å². The first-order valence-corrected chi connectivity index (χ1v) is 11.4. The van der Waals surface area contributed by atoms with Crippen molar-refractivity contribution >= 4 is 11.4 Å². The summed E-state index contributed by atoms with van der Waals surface area (Å²) < 4.78 is 13.9. The summed E-state index contributed by atoms with van der Waals surface area (Å²) in [5, 5.41) is 0. The van der Waals surface area contributed by atoms with E-state index in [2.05, 4.69) is 31.8 Å².